The van der Waals surface area contributed by atoms with Crippen LogP contribution in [0.5, 0.6) is 5.75 Å². The lowest BCUT2D eigenvalue weighted by atomic mass is 10.1. The van der Waals surface area contributed by atoms with Gasteiger partial charge in [0.2, 0.25) is 0 Å². The Bertz CT molecular complexity index is 701. The van der Waals surface area contributed by atoms with Crippen LogP contribution in [0.3, 0.4) is 0 Å². The molecule has 0 spiro atoms. The van der Waals surface area contributed by atoms with Crippen LogP contribution >= 0.6 is 11.6 Å². The number of amides is 1. The highest BCUT2D eigenvalue weighted by Crippen LogP contribution is 2.33. The Balaban J connectivity index is 1.89. The van der Waals surface area contributed by atoms with Crippen LogP contribution in [0.4, 0.5) is 5.69 Å². The summed E-state index contributed by atoms with van der Waals surface area (Å²) in [6.07, 6.45) is 0.777. The number of ether oxygens (including phenoxy) is 1. The van der Waals surface area contributed by atoms with Crippen molar-refractivity contribution >= 4 is 23.2 Å². The Morgan fingerprint density at radius 1 is 1.33 bits per heavy atom. The van der Waals surface area contributed by atoms with E-state index in [1.54, 1.807) is 6.07 Å². The first-order valence-corrected chi connectivity index (χ1v) is 7.11. The van der Waals surface area contributed by atoms with Gasteiger partial charge in [-0.1, -0.05) is 23.7 Å². The number of hydrogen-bond acceptors (Lipinski definition) is 3. The molecule has 1 aliphatic rings. The van der Waals surface area contributed by atoms with Crippen LogP contribution in [0.15, 0.2) is 36.4 Å². The maximum Gasteiger partial charge on any atom is 0.259 e. The van der Waals surface area contributed by atoms with Crippen molar-refractivity contribution in [2.45, 2.75) is 13.0 Å². The summed E-state index contributed by atoms with van der Waals surface area (Å²) < 4.78 is 5.55. The molecule has 1 amide bonds. The van der Waals surface area contributed by atoms with Crippen molar-refractivity contribution in [1.82, 2.24) is 0 Å². The molecule has 1 aliphatic heterocycles. The zero-order chi connectivity index (χ0) is 14.8. The van der Waals surface area contributed by atoms with E-state index in [4.69, 9.17) is 22.1 Å². The smallest absolute Gasteiger partial charge is 0.259 e. The maximum absolute atomic E-state index is 12.4. The highest BCUT2D eigenvalue weighted by atomic mass is 35.5. The standard InChI is InChI=1S/C16H15ClN2O2/c17-12-7-11-4-5-21-15(11)14(8-12)16(20)19-13-3-1-2-10(6-13)9-18/h1-3,6-8H,4-5,9,18H2,(H,19,20). The van der Waals surface area contributed by atoms with Crippen LogP contribution in [-0.4, -0.2) is 12.5 Å². The van der Waals surface area contributed by atoms with E-state index < -0.39 is 0 Å². The third kappa shape index (κ3) is 2.86. The Kier molecular flexibility index (Phi) is 3.82. The number of nitrogens with one attached hydrogen (secondary N) is 1. The number of benzene rings is 2. The van der Waals surface area contributed by atoms with Crippen LogP contribution in [-0.2, 0) is 13.0 Å². The van der Waals surface area contributed by atoms with Gasteiger partial charge < -0.3 is 15.8 Å². The van der Waals surface area contributed by atoms with E-state index in [1.165, 1.54) is 0 Å². The number of fused-ring (bicyclic) bond motifs is 1. The molecule has 3 rings (SSSR count). The molecule has 3 N–H and O–H groups in total. The monoisotopic (exact) mass is 302 g/mol. The molecule has 1 heterocycles. The molecule has 21 heavy (non-hydrogen) atoms. The predicted octanol–water partition coefficient (Wildman–Crippen LogP) is 2.99. The fraction of sp³-hybridized carbons (Fsp3) is 0.188. The first kappa shape index (κ1) is 13.9. The Morgan fingerprint density at radius 2 is 2.19 bits per heavy atom. The lowest BCUT2D eigenvalue weighted by Gasteiger charge is -2.10. The zero-order valence-electron chi connectivity index (χ0n) is 11.4. The molecule has 0 aromatic heterocycles. The highest BCUT2D eigenvalue weighted by molar-refractivity contribution is 6.31. The summed E-state index contributed by atoms with van der Waals surface area (Å²) in [5, 5.41) is 3.40. The largest absolute Gasteiger partial charge is 0.492 e. The number of anilines is 1. The lowest BCUT2D eigenvalue weighted by molar-refractivity contribution is 0.102. The number of carbonyl (C=O) groups is 1. The van der Waals surface area contributed by atoms with Gasteiger partial charge in [-0.15, -0.1) is 0 Å². The molecule has 0 unspecified atom stereocenters. The number of hydrogen-bond donors (Lipinski definition) is 2. The Labute approximate surface area is 127 Å². The molecule has 0 saturated heterocycles. The number of nitrogens with two attached hydrogens (primary N) is 1. The summed E-state index contributed by atoms with van der Waals surface area (Å²) in [4.78, 5) is 12.4. The molecule has 2 aromatic carbocycles. The average molecular weight is 303 g/mol. The molecule has 108 valence electrons. The number of halogens is 1. The molecular formula is C16H15ClN2O2. The zero-order valence-corrected chi connectivity index (χ0v) is 12.1. The highest BCUT2D eigenvalue weighted by Gasteiger charge is 2.22. The predicted molar refractivity (Wildman–Crippen MR) is 82.9 cm³/mol. The van der Waals surface area contributed by atoms with Crippen LogP contribution in [0.2, 0.25) is 5.02 Å². The van der Waals surface area contributed by atoms with Gasteiger partial charge in [-0.05, 0) is 35.4 Å². The van der Waals surface area contributed by atoms with Crippen molar-refractivity contribution in [2.24, 2.45) is 5.73 Å². The molecular weight excluding hydrogens is 288 g/mol. The summed E-state index contributed by atoms with van der Waals surface area (Å²) in [5.41, 5.74) is 8.71. The molecule has 5 heteroatoms. The van der Waals surface area contributed by atoms with Gasteiger partial charge in [-0.25, -0.2) is 0 Å². The third-order valence-electron chi connectivity index (χ3n) is 3.41. The molecule has 0 bridgehead atoms. The fourth-order valence-corrected chi connectivity index (χ4v) is 2.65. The summed E-state index contributed by atoms with van der Waals surface area (Å²) in [6.45, 7) is 1.01. The Hall–Kier alpha value is -2.04. The van der Waals surface area contributed by atoms with Crippen molar-refractivity contribution < 1.29 is 9.53 Å². The minimum absolute atomic E-state index is 0.232. The second-order valence-corrected chi connectivity index (χ2v) is 5.34. The number of carbonyl (C=O) groups excluding carboxylic acids is 1. The van der Waals surface area contributed by atoms with Crippen LogP contribution < -0.4 is 15.8 Å². The van der Waals surface area contributed by atoms with Gasteiger partial charge in [-0.2, -0.15) is 0 Å². The quantitative estimate of drug-likeness (QED) is 0.916. The molecule has 0 aliphatic carbocycles. The lowest BCUT2D eigenvalue weighted by Crippen LogP contribution is -2.13. The van der Waals surface area contributed by atoms with Gasteiger partial charge in [0.15, 0.2) is 0 Å². The van der Waals surface area contributed by atoms with Gasteiger partial charge in [0.25, 0.3) is 5.91 Å². The Morgan fingerprint density at radius 3 is 3.00 bits per heavy atom. The summed E-state index contributed by atoms with van der Waals surface area (Å²) in [6, 6.07) is 10.9. The van der Waals surface area contributed by atoms with Gasteiger partial charge in [0.1, 0.15) is 5.75 Å². The van der Waals surface area contributed by atoms with E-state index >= 15 is 0 Å². The van der Waals surface area contributed by atoms with E-state index in [0.29, 0.717) is 35.2 Å². The minimum Gasteiger partial charge on any atom is -0.492 e. The summed E-state index contributed by atoms with van der Waals surface area (Å²) in [7, 11) is 0. The fourth-order valence-electron chi connectivity index (χ4n) is 2.41. The van der Waals surface area contributed by atoms with Gasteiger partial charge in [-0.3, -0.25) is 4.79 Å². The molecule has 4 nitrogen and oxygen atoms in total. The third-order valence-corrected chi connectivity index (χ3v) is 3.63. The van der Waals surface area contributed by atoms with Gasteiger partial charge >= 0.3 is 0 Å². The normalized spacial score (nSPS) is 12.7. The second kappa shape index (κ2) is 5.76. The molecule has 0 fully saturated rings. The van der Waals surface area contributed by atoms with Crippen molar-refractivity contribution in [1.29, 1.82) is 0 Å². The second-order valence-electron chi connectivity index (χ2n) is 4.90. The first-order chi connectivity index (χ1) is 10.2. The minimum atomic E-state index is -0.232. The summed E-state index contributed by atoms with van der Waals surface area (Å²) in [5.74, 6) is 0.400. The maximum atomic E-state index is 12.4. The van der Waals surface area contributed by atoms with E-state index in [9.17, 15) is 4.79 Å². The molecule has 0 saturated carbocycles. The molecule has 0 atom stereocenters. The van der Waals surface area contributed by atoms with Gasteiger partial charge in [0, 0.05) is 23.7 Å². The molecule has 2 aromatic rings. The summed E-state index contributed by atoms with van der Waals surface area (Å²) >= 11 is 6.07. The van der Waals surface area contributed by atoms with Crippen molar-refractivity contribution in [3.63, 3.8) is 0 Å². The van der Waals surface area contributed by atoms with Crippen molar-refractivity contribution in [2.75, 3.05) is 11.9 Å². The van der Waals surface area contributed by atoms with E-state index in [-0.39, 0.29) is 5.91 Å². The average Bonchev–Trinajstić information content (AvgIpc) is 2.94. The van der Waals surface area contributed by atoms with Crippen LogP contribution in [0, 0.1) is 0 Å². The molecule has 0 radical (unpaired) electrons. The van der Waals surface area contributed by atoms with Crippen LogP contribution in [0.25, 0.3) is 0 Å². The van der Waals surface area contributed by atoms with Crippen LogP contribution in [0.1, 0.15) is 21.5 Å². The topological polar surface area (TPSA) is 64.3 Å². The van der Waals surface area contributed by atoms with E-state index in [2.05, 4.69) is 5.32 Å². The number of rotatable bonds is 3. The van der Waals surface area contributed by atoms with E-state index in [1.807, 2.05) is 30.3 Å². The van der Waals surface area contributed by atoms with Crippen molar-refractivity contribution in [3.05, 3.63) is 58.1 Å². The van der Waals surface area contributed by atoms with E-state index in [0.717, 1.165) is 17.5 Å². The SMILES string of the molecule is NCc1cccc(NC(=O)c2cc(Cl)cc3c2OCC3)c1. The van der Waals surface area contributed by atoms with Crippen molar-refractivity contribution in [3.8, 4) is 5.75 Å². The van der Waals surface area contributed by atoms with Gasteiger partial charge in [0.05, 0.1) is 12.2 Å². The first-order valence-electron chi connectivity index (χ1n) is 6.73.